The highest BCUT2D eigenvalue weighted by molar-refractivity contribution is 5.48. The number of nitrogens with one attached hydrogen (secondary N) is 1. The minimum Gasteiger partial charge on any atom is -0.377 e. The highest BCUT2D eigenvalue weighted by atomic mass is 16.5. The lowest BCUT2D eigenvalue weighted by Crippen LogP contribution is -2.14. The summed E-state index contributed by atoms with van der Waals surface area (Å²) in [5, 5.41) is 3.30. The van der Waals surface area contributed by atoms with Crippen LogP contribution in [0, 0.1) is 0 Å². The van der Waals surface area contributed by atoms with Gasteiger partial charge >= 0.3 is 0 Å². The lowest BCUT2D eigenvalue weighted by molar-refractivity contribution is 0.158. The van der Waals surface area contributed by atoms with Gasteiger partial charge < -0.3 is 10.1 Å². The minimum absolute atomic E-state index is 0.704. The first-order valence-electron chi connectivity index (χ1n) is 6.43. The summed E-state index contributed by atoms with van der Waals surface area (Å²) in [7, 11) is 0. The second kappa shape index (κ2) is 10.1. The van der Waals surface area contributed by atoms with Crippen LogP contribution in [-0.2, 0) is 4.74 Å². The van der Waals surface area contributed by atoms with Crippen LogP contribution in [0.5, 0.6) is 0 Å². The Morgan fingerprint density at radius 3 is 2.76 bits per heavy atom. The Kier molecular flexibility index (Phi) is 8.25. The molecule has 17 heavy (non-hydrogen) atoms. The van der Waals surface area contributed by atoms with E-state index in [4.69, 9.17) is 4.74 Å². The third-order valence-electron chi connectivity index (χ3n) is 2.47. The van der Waals surface area contributed by atoms with E-state index >= 15 is 0 Å². The van der Waals surface area contributed by atoms with E-state index in [-0.39, 0.29) is 0 Å². The number of hydrogen-bond acceptors (Lipinski definition) is 2. The third kappa shape index (κ3) is 7.72. The van der Waals surface area contributed by atoms with Crippen LogP contribution < -0.4 is 5.32 Å². The Morgan fingerprint density at radius 2 is 2.00 bits per heavy atom. The molecule has 94 valence electrons. The SMILES string of the molecule is CCNCCCCOCC=Cc1ccccc1. The summed E-state index contributed by atoms with van der Waals surface area (Å²) in [5.74, 6) is 0. The molecule has 0 aliphatic heterocycles. The van der Waals surface area contributed by atoms with Gasteiger partial charge in [0.15, 0.2) is 0 Å². The van der Waals surface area contributed by atoms with Crippen molar-refractivity contribution >= 4 is 6.08 Å². The third-order valence-corrected chi connectivity index (χ3v) is 2.47. The van der Waals surface area contributed by atoms with Crippen molar-refractivity contribution in [2.45, 2.75) is 19.8 Å². The molecule has 0 unspecified atom stereocenters. The van der Waals surface area contributed by atoms with Gasteiger partial charge in [-0.05, 0) is 31.5 Å². The number of benzene rings is 1. The first kappa shape index (κ1) is 13.9. The maximum absolute atomic E-state index is 5.52. The normalized spacial score (nSPS) is 11.1. The molecule has 0 bridgehead atoms. The van der Waals surface area contributed by atoms with E-state index in [0.29, 0.717) is 6.61 Å². The van der Waals surface area contributed by atoms with Crippen molar-refractivity contribution in [1.29, 1.82) is 0 Å². The van der Waals surface area contributed by atoms with Crippen molar-refractivity contribution in [3.05, 3.63) is 42.0 Å². The average molecular weight is 233 g/mol. The van der Waals surface area contributed by atoms with Crippen molar-refractivity contribution in [3.63, 3.8) is 0 Å². The number of ether oxygens (including phenoxy) is 1. The van der Waals surface area contributed by atoms with Gasteiger partial charge in [-0.25, -0.2) is 0 Å². The Balaban J connectivity index is 1.95. The van der Waals surface area contributed by atoms with E-state index in [9.17, 15) is 0 Å². The first-order valence-corrected chi connectivity index (χ1v) is 6.43. The van der Waals surface area contributed by atoms with Crippen LogP contribution in [0.15, 0.2) is 36.4 Å². The van der Waals surface area contributed by atoms with Crippen LogP contribution in [0.4, 0.5) is 0 Å². The lowest BCUT2D eigenvalue weighted by atomic mass is 10.2. The highest BCUT2D eigenvalue weighted by Gasteiger charge is 1.88. The average Bonchev–Trinajstić information content (AvgIpc) is 2.38. The summed E-state index contributed by atoms with van der Waals surface area (Å²) in [6, 6.07) is 10.3. The molecule has 0 fully saturated rings. The van der Waals surface area contributed by atoms with Gasteiger partial charge in [0, 0.05) is 6.61 Å². The zero-order valence-electron chi connectivity index (χ0n) is 10.7. The van der Waals surface area contributed by atoms with Gasteiger partial charge in [0.1, 0.15) is 0 Å². The lowest BCUT2D eigenvalue weighted by Gasteiger charge is -2.02. The van der Waals surface area contributed by atoms with Crippen LogP contribution in [0.1, 0.15) is 25.3 Å². The van der Waals surface area contributed by atoms with Crippen molar-refractivity contribution < 1.29 is 4.74 Å². The van der Waals surface area contributed by atoms with Crippen molar-refractivity contribution in [2.24, 2.45) is 0 Å². The number of hydrogen-bond donors (Lipinski definition) is 1. The van der Waals surface area contributed by atoms with Gasteiger partial charge in [0.2, 0.25) is 0 Å². The molecule has 0 aliphatic carbocycles. The Morgan fingerprint density at radius 1 is 1.18 bits per heavy atom. The second-order valence-electron chi connectivity index (χ2n) is 3.95. The van der Waals surface area contributed by atoms with Gasteiger partial charge in [0.25, 0.3) is 0 Å². The summed E-state index contributed by atoms with van der Waals surface area (Å²) in [6.45, 7) is 5.84. The quantitative estimate of drug-likeness (QED) is 0.662. The maximum atomic E-state index is 5.52. The van der Waals surface area contributed by atoms with Crippen LogP contribution >= 0.6 is 0 Å². The van der Waals surface area contributed by atoms with Crippen LogP contribution in [-0.4, -0.2) is 26.3 Å². The molecule has 0 radical (unpaired) electrons. The summed E-state index contributed by atoms with van der Waals surface area (Å²) in [6.07, 6.45) is 6.49. The topological polar surface area (TPSA) is 21.3 Å². The largest absolute Gasteiger partial charge is 0.377 e. The first-order chi connectivity index (χ1) is 8.43. The van der Waals surface area contributed by atoms with E-state index in [1.807, 2.05) is 18.2 Å². The van der Waals surface area contributed by atoms with Gasteiger partial charge in [-0.3, -0.25) is 0 Å². The molecule has 0 amide bonds. The molecule has 2 heteroatoms. The Bertz CT molecular complexity index is 295. The highest BCUT2D eigenvalue weighted by Crippen LogP contribution is 2.00. The van der Waals surface area contributed by atoms with E-state index in [0.717, 1.165) is 26.1 Å². The van der Waals surface area contributed by atoms with Crippen molar-refractivity contribution in [3.8, 4) is 0 Å². The fourth-order valence-electron chi connectivity index (χ4n) is 1.53. The van der Waals surface area contributed by atoms with Crippen LogP contribution in [0.2, 0.25) is 0 Å². The fraction of sp³-hybridized carbons (Fsp3) is 0.467. The van der Waals surface area contributed by atoms with E-state index in [1.54, 1.807) is 0 Å². The molecular formula is C15H23NO. The monoisotopic (exact) mass is 233 g/mol. The Hall–Kier alpha value is -1.12. The van der Waals surface area contributed by atoms with E-state index in [2.05, 4.69) is 36.5 Å². The molecule has 0 saturated carbocycles. The molecule has 0 spiro atoms. The maximum Gasteiger partial charge on any atom is 0.0650 e. The predicted octanol–water partition coefficient (Wildman–Crippen LogP) is 3.11. The molecule has 0 saturated heterocycles. The molecule has 1 aromatic rings. The molecular weight excluding hydrogens is 210 g/mol. The number of rotatable bonds is 9. The van der Waals surface area contributed by atoms with Crippen molar-refractivity contribution in [1.82, 2.24) is 5.32 Å². The minimum atomic E-state index is 0.704. The van der Waals surface area contributed by atoms with Gasteiger partial charge in [0.05, 0.1) is 6.61 Å². The summed E-state index contributed by atoms with van der Waals surface area (Å²) < 4.78 is 5.52. The molecule has 1 N–H and O–H groups in total. The molecule has 1 rings (SSSR count). The molecule has 0 aromatic heterocycles. The van der Waals surface area contributed by atoms with Gasteiger partial charge in [-0.15, -0.1) is 0 Å². The summed E-state index contributed by atoms with van der Waals surface area (Å²) in [5.41, 5.74) is 1.23. The molecule has 0 heterocycles. The standard InChI is InChI=1S/C15H23NO/c1-2-16-12-6-7-13-17-14-8-11-15-9-4-3-5-10-15/h3-5,8-11,16H,2,6-7,12-14H2,1H3. The molecule has 0 atom stereocenters. The smallest absolute Gasteiger partial charge is 0.0650 e. The Labute approximate surface area is 105 Å². The molecule has 1 aromatic carbocycles. The van der Waals surface area contributed by atoms with E-state index < -0.39 is 0 Å². The van der Waals surface area contributed by atoms with Crippen molar-refractivity contribution in [2.75, 3.05) is 26.3 Å². The second-order valence-corrected chi connectivity index (χ2v) is 3.95. The summed E-state index contributed by atoms with van der Waals surface area (Å²) >= 11 is 0. The zero-order valence-corrected chi connectivity index (χ0v) is 10.7. The summed E-state index contributed by atoms with van der Waals surface area (Å²) in [4.78, 5) is 0. The van der Waals surface area contributed by atoms with Crippen LogP contribution in [0.3, 0.4) is 0 Å². The van der Waals surface area contributed by atoms with Gasteiger partial charge in [-0.1, -0.05) is 49.4 Å². The number of unbranched alkanes of at least 4 members (excludes halogenated alkanes) is 1. The zero-order chi connectivity index (χ0) is 12.2. The predicted molar refractivity (Wildman–Crippen MR) is 74.1 cm³/mol. The fourth-order valence-corrected chi connectivity index (χ4v) is 1.53. The molecule has 2 nitrogen and oxygen atoms in total. The van der Waals surface area contributed by atoms with Gasteiger partial charge in [-0.2, -0.15) is 0 Å². The van der Waals surface area contributed by atoms with Crippen LogP contribution in [0.25, 0.3) is 6.08 Å². The molecule has 0 aliphatic rings. The van der Waals surface area contributed by atoms with E-state index in [1.165, 1.54) is 12.0 Å².